The lowest BCUT2D eigenvalue weighted by molar-refractivity contribution is -0.118. The minimum absolute atomic E-state index is 0.0608. The number of benzene rings is 2. The minimum Gasteiger partial charge on any atom is -0.508 e. The number of rotatable bonds is 12. The molecule has 0 saturated carbocycles. The van der Waals surface area contributed by atoms with Gasteiger partial charge in [0.1, 0.15) is 32.3 Å². The fourth-order valence-electron chi connectivity index (χ4n) is 3.45. The third kappa shape index (κ3) is 7.92. The third-order valence-electron chi connectivity index (χ3n) is 5.24. The summed E-state index contributed by atoms with van der Waals surface area (Å²) in [5.74, 6) is 0.222. The quantitative estimate of drug-likeness (QED) is 0.238. The molecule has 0 fully saturated rings. The summed E-state index contributed by atoms with van der Waals surface area (Å²) < 4.78 is 0. The fraction of sp³-hybridized carbons (Fsp3) is 0.280. The van der Waals surface area contributed by atoms with E-state index >= 15 is 0 Å². The van der Waals surface area contributed by atoms with Gasteiger partial charge in [-0.2, -0.15) is 0 Å². The van der Waals surface area contributed by atoms with Gasteiger partial charge in [0.15, 0.2) is 0 Å². The average molecular weight is 524 g/mol. The van der Waals surface area contributed by atoms with Gasteiger partial charge in [0.2, 0.25) is 11.0 Å². The number of aromatic hydroxyl groups is 2. The minimum atomic E-state index is -0.183. The van der Waals surface area contributed by atoms with Crippen molar-refractivity contribution in [1.29, 1.82) is 0 Å². The molecule has 3 N–H and O–H groups in total. The van der Waals surface area contributed by atoms with E-state index in [1.165, 1.54) is 22.7 Å². The number of carbonyl (C=O) groups excluding carboxylic acids is 2. The zero-order valence-electron chi connectivity index (χ0n) is 19.4. The smallest absolute Gasteiger partial charge is 0.230 e. The van der Waals surface area contributed by atoms with Gasteiger partial charge >= 0.3 is 0 Å². The van der Waals surface area contributed by atoms with Gasteiger partial charge in [-0.15, -0.1) is 31.7 Å². The first-order valence-electron chi connectivity index (χ1n) is 11.4. The van der Waals surface area contributed by atoms with Crippen molar-refractivity contribution in [3.8, 4) is 11.5 Å². The van der Waals surface area contributed by atoms with Crippen LogP contribution in [0.4, 0.5) is 5.13 Å². The van der Waals surface area contributed by atoms with Crippen LogP contribution >= 0.6 is 22.7 Å². The number of amides is 1. The van der Waals surface area contributed by atoms with Gasteiger partial charge < -0.3 is 15.5 Å². The molecule has 2 heterocycles. The normalized spacial score (nSPS) is 10.9. The number of nitrogens with one attached hydrogen (secondary N) is 1. The zero-order chi connectivity index (χ0) is 25.3. The summed E-state index contributed by atoms with van der Waals surface area (Å²) in [4.78, 5) is 24.5. The third-order valence-corrected chi connectivity index (χ3v) is 7.12. The van der Waals surface area contributed by atoms with Crippen LogP contribution in [0.25, 0.3) is 0 Å². The molecule has 2 aromatic carbocycles. The van der Waals surface area contributed by atoms with Crippen molar-refractivity contribution in [2.75, 3.05) is 5.32 Å². The largest absolute Gasteiger partial charge is 0.508 e. The molecule has 4 rings (SSSR count). The Bertz CT molecular complexity index is 1200. The van der Waals surface area contributed by atoms with Crippen LogP contribution in [0.3, 0.4) is 0 Å². The number of aryl methyl sites for hydroxylation is 2. The topological polar surface area (TPSA) is 138 Å². The van der Waals surface area contributed by atoms with Crippen LogP contribution in [-0.2, 0) is 41.7 Å². The summed E-state index contributed by atoms with van der Waals surface area (Å²) in [5.41, 5.74) is 1.66. The molecule has 0 spiro atoms. The van der Waals surface area contributed by atoms with E-state index in [0.717, 1.165) is 46.8 Å². The van der Waals surface area contributed by atoms with E-state index in [4.69, 9.17) is 0 Å². The second-order valence-electron chi connectivity index (χ2n) is 8.25. The number of ketones is 1. The molecule has 0 aliphatic heterocycles. The molecule has 4 aromatic rings. The van der Waals surface area contributed by atoms with Gasteiger partial charge in [0.05, 0.1) is 12.8 Å². The van der Waals surface area contributed by atoms with E-state index in [-0.39, 0.29) is 36.0 Å². The molecule has 0 saturated heterocycles. The van der Waals surface area contributed by atoms with E-state index in [2.05, 4.69) is 25.7 Å². The number of anilines is 1. The Hall–Kier alpha value is -3.70. The molecular formula is C25H25N5O4S2. The van der Waals surface area contributed by atoms with Gasteiger partial charge in [-0.3, -0.25) is 9.59 Å². The molecular weight excluding hydrogens is 498 g/mol. The van der Waals surface area contributed by atoms with Gasteiger partial charge in [-0.05, 0) is 48.2 Å². The Morgan fingerprint density at radius 3 is 1.83 bits per heavy atom. The molecule has 0 radical (unpaired) electrons. The number of Topliss-reactive ketones (excluding diaryl/α,β-unsaturated/α-hetero) is 1. The number of hydrogen-bond acceptors (Lipinski definition) is 10. The van der Waals surface area contributed by atoms with Crippen LogP contribution in [0.1, 0.15) is 39.0 Å². The van der Waals surface area contributed by atoms with E-state index in [9.17, 15) is 19.8 Å². The molecule has 9 nitrogen and oxygen atoms in total. The standard InChI is InChI=1S/C25H25N5O4S2/c31-18-9-5-16(6-10-18)13-20(33)15-24-29-27-22(35-24)3-1-2-4-23-28-30-25(36-23)26-21(34)14-17-7-11-19(32)12-8-17/h5-12,31-32H,1-4,13-15H2,(H,26,30,34). The molecule has 0 atom stereocenters. The predicted molar refractivity (Wildman–Crippen MR) is 137 cm³/mol. The van der Waals surface area contributed by atoms with Gasteiger partial charge in [-0.25, -0.2) is 0 Å². The monoisotopic (exact) mass is 523 g/mol. The Balaban J connectivity index is 1.15. The summed E-state index contributed by atoms with van der Waals surface area (Å²) in [6.45, 7) is 0. The molecule has 2 aromatic heterocycles. The molecule has 0 bridgehead atoms. The maximum atomic E-state index is 12.3. The Labute approximate surface area is 215 Å². The molecule has 11 heteroatoms. The van der Waals surface area contributed by atoms with Gasteiger partial charge in [-0.1, -0.05) is 35.6 Å². The number of hydrogen-bond donors (Lipinski definition) is 3. The molecule has 36 heavy (non-hydrogen) atoms. The first-order chi connectivity index (χ1) is 17.4. The van der Waals surface area contributed by atoms with E-state index in [1.807, 2.05) is 0 Å². The fourth-order valence-corrected chi connectivity index (χ4v) is 5.17. The van der Waals surface area contributed by atoms with E-state index in [0.29, 0.717) is 16.6 Å². The highest BCUT2D eigenvalue weighted by Crippen LogP contribution is 2.20. The maximum absolute atomic E-state index is 12.3. The summed E-state index contributed by atoms with van der Waals surface area (Å²) in [6.07, 6.45) is 4.08. The van der Waals surface area contributed by atoms with Crippen LogP contribution in [0.15, 0.2) is 48.5 Å². The summed E-state index contributed by atoms with van der Waals surface area (Å²) in [5, 5.41) is 40.9. The van der Waals surface area contributed by atoms with Crippen molar-refractivity contribution >= 4 is 39.5 Å². The zero-order valence-corrected chi connectivity index (χ0v) is 21.0. The second kappa shape index (κ2) is 12.3. The van der Waals surface area contributed by atoms with Crippen molar-refractivity contribution in [2.45, 2.75) is 44.9 Å². The lowest BCUT2D eigenvalue weighted by atomic mass is 10.1. The average Bonchev–Trinajstić information content (AvgIpc) is 3.49. The van der Waals surface area contributed by atoms with Crippen molar-refractivity contribution in [3.05, 3.63) is 74.7 Å². The van der Waals surface area contributed by atoms with Gasteiger partial charge in [0, 0.05) is 19.3 Å². The van der Waals surface area contributed by atoms with Crippen LogP contribution in [0.5, 0.6) is 11.5 Å². The molecule has 0 aliphatic rings. The second-order valence-corrected chi connectivity index (χ2v) is 10.5. The molecule has 0 unspecified atom stereocenters. The Morgan fingerprint density at radius 2 is 1.19 bits per heavy atom. The predicted octanol–water partition coefficient (Wildman–Crippen LogP) is 3.90. The van der Waals surface area contributed by atoms with Crippen molar-refractivity contribution in [2.24, 2.45) is 0 Å². The van der Waals surface area contributed by atoms with Crippen molar-refractivity contribution < 1.29 is 19.8 Å². The first kappa shape index (κ1) is 25.4. The number of carbonyl (C=O) groups is 2. The molecule has 0 aliphatic carbocycles. The first-order valence-corrected chi connectivity index (χ1v) is 13.1. The SMILES string of the molecule is O=C(Cc1ccc(O)cc1)Cc1nnc(CCCCc2nnc(NC(=O)Cc3ccc(O)cc3)s2)s1. The highest BCUT2D eigenvalue weighted by Gasteiger charge is 2.12. The maximum Gasteiger partial charge on any atom is 0.230 e. The van der Waals surface area contributed by atoms with Crippen molar-refractivity contribution in [1.82, 2.24) is 20.4 Å². The molecule has 186 valence electrons. The number of unbranched alkanes of at least 4 members (excludes halogenated alkanes) is 1. The summed E-state index contributed by atoms with van der Waals surface area (Å²) in [7, 11) is 0. The van der Waals surface area contributed by atoms with Crippen LogP contribution in [0.2, 0.25) is 0 Å². The Kier molecular flexibility index (Phi) is 8.69. The van der Waals surface area contributed by atoms with Crippen LogP contribution < -0.4 is 5.32 Å². The number of aromatic nitrogens is 4. The molecule has 1 amide bonds. The van der Waals surface area contributed by atoms with Crippen LogP contribution in [0, 0.1) is 0 Å². The highest BCUT2D eigenvalue weighted by molar-refractivity contribution is 7.15. The van der Waals surface area contributed by atoms with Crippen LogP contribution in [-0.4, -0.2) is 42.3 Å². The van der Waals surface area contributed by atoms with E-state index in [1.54, 1.807) is 48.5 Å². The lowest BCUT2D eigenvalue weighted by Gasteiger charge is -2.01. The van der Waals surface area contributed by atoms with Crippen molar-refractivity contribution in [3.63, 3.8) is 0 Å². The number of phenols is 2. The van der Waals surface area contributed by atoms with E-state index < -0.39 is 0 Å². The highest BCUT2D eigenvalue weighted by atomic mass is 32.1. The summed E-state index contributed by atoms with van der Waals surface area (Å²) >= 11 is 2.82. The number of nitrogens with zero attached hydrogens (tertiary/aromatic N) is 4. The lowest BCUT2D eigenvalue weighted by Crippen LogP contribution is -2.14. The Morgan fingerprint density at radius 1 is 0.667 bits per heavy atom. The van der Waals surface area contributed by atoms with Gasteiger partial charge in [0.25, 0.3) is 0 Å². The number of phenolic OH excluding ortho intramolecular Hbond substituents is 2. The summed E-state index contributed by atoms with van der Waals surface area (Å²) in [6, 6.07) is 13.1.